The lowest BCUT2D eigenvalue weighted by Crippen LogP contribution is -2.34. The van der Waals surface area contributed by atoms with E-state index >= 15 is 4.39 Å². The lowest BCUT2D eigenvalue weighted by Gasteiger charge is -2.40. The van der Waals surface area contributed by atoms with Crippen LogP contribution in [0, 0.1) is 34.4 Å². The second-order valence-corrected chi connectivity index (χ2v) is 19.2. The Balaban J connectivity index is 0.945. The average molecular weight is 758 g/mol. The minimum atomic E-state index is -0.114. The van der Waals surface area contributed by atoms with Gasteiger partial charge in [0.2, 0.25) is 0 Å². The summed E-state index contributed by atoms with van der Waals surface area (Å²) in [6.07, 6.45) is 12.3. The SMILES string of the molecule is CC1CCN(Cc2cccc(-c3ccc(O[C@H]4CC[C@@H](C(C)(C)Cc5c(C=O)cccc5-c5ccc(OC6CCC(C(C)(C)C)CC6)cc5)CC4)cc3)c2F)C1. The highest BCUT2D eigenvalue weighted by Gasteiger charge is 2.35. The summed E-state index contributed by atoms with van der Waals surface area (Å²) in [5.41, 5.74) is 6.83. The third-order valence-corrected chi connectivity index (χ3v) is 13.6. The van der Waals surface area contributed by atoms with Crippen molar-refractivity contribution in [2.24, 2.45) is 28.6 Å². The molecule has 5 heteroatoms. The molecule has 2 saturated carbocycles. The molecule has 3 aliphatic rings. The fourth-order valence-electron chi connectivity index (χ4n) is 9.94. The number of aldehydes is 1. The van der Waals surface area contributed by atoms with E-state index in [9.17, 15) is 4.79 Å². The van der Waals surface area contributed by atoms with Crippen LogP contribution in [0.15, 0.2) is 84.9 Å². The molecule has 4 aromatic rings. The Kier molecular flexibility index (Phi) is 12.4. The van der Waals surface area contributed by atoms with Crippen LogP contribution in [0.2, 0.25) is 0 Å². The van der Waals surface area contributed by atoms with Gasteiger partial charge in [-0.2, -0.15) is 0 Å². The zero-order valence-electron chi connectivity index (χ0n) is 34.8. The summed E-state index contributed by atoms with van der Waals surface area (Å²) in [5.74, 6) is 3.61. The van der Waals surface area contributed by atoms with E-state index in [4.69, 9.17) is 9.47 Å². The molecule has 0 N–H and O–H groups in total. The van der Waals surface area contributed by atoms with E-state index in [0.717, 1.165) is 115 Å². The number of benzene rings is 4. The van der Waals surface area contributed by atoms with Crippen molar-refractivity contribution in [2.75, 3.05) is 13.1 Å². The number of carbonyl (C=O) groups is 1. The maximum Gasteiger partial charge on any atom is 0.150 e. The number of rotatable bonds is 12. The first kappa shape index (κ1) is 40.2. The predicted octanol–water partition coefficient (Wildman–Crippen LogP) is 13.0. The van der Waals surface area contributed by atoms with Gasteiger partial charge < -0.3 is 9.47 Å². The topological polar surface area (TPSA) is 38.8 Å². The van der Waals surface area contributed by atoms with E-state index in [1.165, 1.54) is 19.3 Å². The van der Waals surface area contributed by atoms with E-state index in [1.54, 1.807) is 0 Å². The molecule has 2 aliphatic carbocycles. The molecule has 298 valence electrons. The number of likely N-dealkylation sites (tertiary alicyclic amines) is 1. The Morgan fingerprint density at radius 1 is 0.679 bits per heavy atom. The number of halogens is 1. The number of hydrogen-bond acceptors (Lipinski definition) is 4. The first-order valence-electron chi connectivity index (χ1n) is 21.5. The van der Waals surface area contributed by atoms with Crippen LogP contribution in [0.25, 0.3) is 22.3 Å². The zero-order chi connectivity index (χ0) is 39.5. The van der Waals surface area contributed by atoms with Gasteiger partial charge in [-0.25, -0.2) is 4.39 Å². The van der Waals surface area contributed by atoms with Crippen LogP contribution in [0.4, 0.5) is 4.39 Å². The molecule has 1 unspecified atom stereocenters. The molecule has 1 atom stereocenters. The second-order valence-electron chi connectivity index (χ2n) is 19.2. The fourth-order valence-corrected chi connectivity index (χ4v) is 9.94. The van der Waals surface area contributed by atoms with E-state index < -0.39 is 0 Å². The molecule has 0 aromatic heterocycles. The number of ether oxygens (including phenoxy) is 2. The van der Waals surface area contributed by atoms with Crippen molar-refractivity contribution in [1.82, 2.24) is 4.90 Å². The standard InChI is InChI=1S/C51H64FNO3/c1-35-29-30-53(32-35)33-38-9-7-12-47(49(38)52)37-15-23-43(24-16-37)56-45-27-19-41(20-28-45)51(5,6)31-48-39(34-54)10-8-11-46(48)36-13-21-42(22-14-36)55-44-25-17-40(18-26-44)50(2,3)4/h7-16,21-24,34-35,40-41,44-45H,17-20,25-33H2,1-6H3/t35?,40?,41-,44?,45+. The van der Waals surface area contributed by atoms with Crippen molar-refractivity contribution in [2.45, 2.75) is 125 Å². The summed E-state index contributed by atoms with van der Waals surface area (Å²) < 4.78 is 28.6. The van der Waals surface area contributed by atoms with Crippen molar-refractivity contribution in [1.29, 1.82) is 0 Å². The lowest BCUT2D eigenvalue weighted by molar-refractivity contribution is 0.0799. The maximum absolute atomic E-state index is 15.6. The Hall–Kier alpha value is -3.96. The molecular weight excluding hydrogens is 694 g/mol. The molecule has 4 nitrogen and oxygen atoms in total. The van der Waals surface area contributed by atoms with Gasteiger partial charge >= 0.3 is 0 Å². The van der Waals surface area contributed by atoms with Gasteiger partial charge in [-0.1, -0.05) is 102 Å². The normalized spacial score (nSPS) is 23.5. The third kappa shape index (κ3) is 9.59. The molecule has 56 heavy (non-hydrogen) atoms. The van der Waals surface area contributed by atoms with Crippen molar-refractivity contribution >= 4 is 6.29 Å². The molecule has 7 rings (SSSR count). The summed E-state index contributed by atoms with van der Waals surface area (Å²) in [5, 5.41) is 0. The second kappa shape index (κ2) is 17.3. The molecule has 1 heterocycles. The van der Waals surface area contributed by atoms with Gasteiger partial charge in [-0.15, -0.1) is 0 Å². The highest BCUT2D eigenvalue weighted by Crippen LogP contribution is 2.44. The smallest absolute Gasteiger partial charge is 0.150 e. The Bertz CT molecular complexity index is 1910. The van der Waals surface area contributed by atoms with Gasteiger partial charge in [0.1, 0.15) is 23.6 Å². The van der Waals surface area contributed by atoms with E-state index in [1.807, 2.05) is 54.6 Å². The number of carbonyl (C=O) groups excluding carboxylic acids is 1. The van der Waals surface area contributed by atoms with Crippen molar-refractivity contribution in [3.8, 4) is 33.8 Å². The van der Waals surface area contributed by atoms with Crippen molar-refractivity contribution in [3.63, 3.8) is 0 Å². The average Bonchev–Trinajstić information content (AvgIpc) is 3.60. The molecule has 0 radical (unpaired) electrons. The lowest BCUT2D eigenvalue weighted by atomic mass is 9.67. The van der Waals surface area contributed by atoms with Crippen LogP contribution >= 0.6 is 0 Å². The molecule has 1 aliphatic heterocycles. The minimum absolute atomic E-state index is 0.00106. The first-order valence-corrected chi connectivity index (χ1v) is 21.5. The van der Waals surface area contributed by atoms with Gasteiger partial charge in [0, 0.05) is 29.8 Å². The van der Waals surface area contributed by atoms with E-state index in [2.05, 4.69) is 76.8 Å². The highest BCUT2D eigenvalue weighted by molar-refractivity contribution is 5.83. The third-order valence-electron chi connectivity index (χ3n) is 13.6. The van der Waals surface area contributed by atoms with Crippen LogP contribution in [0.1, 0.15) is 121 Å². The number of hydrogen-bond donors (Lipinski definition) is 0. The van der Waals surface area contributed by atoms with Gasteiger partial charge in [0.25, 0.3) is 0 Å². The van der Waals surface area contributed by atoms with Gasteiger partial charge in [-0.3, -0.25) is 9.69 Å². The summed E-state index contributed by atoms with van der Waals surface area (Å²) in [6.45, 7) is 16.8. The molecule has 0 amide bonds. The Morgan fingerprint density at radius 3 is 1.75 bits per heavy atom. The van der Waals surface area contributed by atoms with Gasteiger partial charge in [-0.05, 0) is 146 Å². The largest absolute Gasteiger partial charge is 0.490 e. The highest BCUT2D eigenvalue weighted by atomic mass is 19.1. The van der Waals surface area contributed by atoms with E-state index in [-0.39, 0.29) is 23.4 Å². The summed E-state index contributed by atoms with van der Waals surface area (Å²) in [6, 6.07) is 28.4. The van der Waals surface area contributed by atoms with Crippen molar-refractivity contribution < 1.29 is 18.7 Å². The van der Waals surface area contributed by atoms with Gasteiger partial charge in [0.05, 0.1) is 12.2 Å². The van der Waals surface area contributed by atoms with Gasteiger partial charge in [0.15, 0.2) is 0 Å². The van der Waals surface area contributed by atoms with Crippen LogP contribution in [-0.4, -0.2) is 36.5 Å². The summed E-state index contributed by atoms with van der Waals surface area (Å²) in [4.78, 5) is 14.8. The Morgan fingerprint density at radius 2 is 1.21 bits per heavy atom. The first-order chi connectivity index (χ1) is 26.9. The maximum atomic E-state index is 15.6. The molecule has 1 saturated heterocycles. The fraction of sp³-hybridized carbons (Fsp3) is 0.510. The van der Waals surface area contributed by atoms with Crippen LogP contribution in [-0.2, 0) is 13.0 Å². The summed E-state index contributed by atoms with van der Waals surface area (Å²) in [7, 11) is 0. The van der Waals surface area contributed by atoms with Crippen LogP contribution in [0.3, 0.4) is 0 Å². The van der Waals surface area contributed by atoms with Crippen LogP contribution < -0.4 is 9.47 Å². The monoisotopic (exact) mass is 757 g/mol. The Labute approximate surface area is 336 Å². The van der Waals surface area contributed by atoms with Crippen LogP contribution in [0.5, 0.6) is 11.5 Å². The molecule has 0 bridgehead atoms. The van der Waals surface area contributed by atoms with Crippen molar-refractivity contribution in [3.05, 3.63) is 107 Å². The van der Waals surface area contributed by atoms with E-state index in [0.29, 0.717) is 29.4 Å². The molecular formula is C51H64FNO3. The zero-order valence-corrected chi connectivity index (χ0v) is 34.8. The minimum Gasteiger partial charge on any atom is -0.490 e. The summed E-state index contributed by atoms with van der Waals surface area (Å²) >= 11 is 0. The molecule has 0 spiro atoms. The molecule has 3 fully saturated rings. The quantitative estimate of drug-likeness (QED) is 0.135. The predicted molar refractivity (Wildman–Crippen MR) is 228 cm³/mol. The number of nitrogens with zero attached hydrogens (tertiary/aromatic N) is 1. The molecule has 4 aromatic carbocycles.